The van der Waals surface area contributed by atoms with Crippen molar-refractivity contribution in [1.82, 2.24) is 5.32 Å². The van der Waals surface area contributed by atoms with Gasteiger partial charge in [-0.25, -0.2) is 0 Å². The lowest BCUT2D eigenvalue weighted by molar-refractivity contribution is 0.271. The van der Waals surface area contributed by atoms with Gasteiger partial charge in [0.2, 0.25) is 0 Å². The number of nitrogens with zero attached hydrogens (tertiary/aromatic N) is 1. The van der Waals surface area contributed by atoms with Gasteiger partial charge in [-0.1, -0.05) is 62.4 Å². The molecule has 0 spiro atoms. The molecule has 3 rings (SSSR count). The third-order valence-electron chi connectivity index (χ3n) is 4.98. The summed E-state index contributed by atoms with van der Waals surface area (Å²) in [6.45, 7) is 7.94. The molecule has 0 aliphatic carbocycles. The zero-order valence-electron chi connectivity index (χ0n) is 14.3. The Kier molecular flexibility index (Phi) is 5.35. The molecule has 0 bridgehead atoms. The number of hydrogen-bond acceptors (Lipinski definition) is 2. The second kappa shape index (κ2) is 7.65. The van der Waals surface area contributed by atoms with Crippen molar-refractivity contribution in [3.8, 4) is 0 Å². The number of nitrogens with one attached hydrogen (secondary N) is 1. The van der Waals surface area contributed by atoms with Crippen LogP contribution in [0.1, 0.15) is 25.8 Å². The fraction of sp³-hybridized carbons (Fsp3) is 0.429. The Morgan fingerprint density at radius 3 is 2.26 bits per heavy atom. The summed E-state index contributed by atoms with van der Waals surface area (Å²) >= 11 is 0. The van der Waals surface area contributed by atoms with Gasteiger partial charge in [0.25, 0.3) is 0 Å². The number of para-hydroxylation sites is 1. The Labute approximate surface area is 140 Å². The molecule has 2 heteroatoms. The molecule has 0 saturated carbocycles. The van der Waals surface area contributed by atoms with Crippen molar-refractivity contribution < 1.29 is 0 Å². The molecule has 1 fully saturated rings. The van der Waals surface area contributed by atoms with Crippen molar-refractivity contribution in [1.29, 1.82) is 0 Å². The first-order chi connectivity index (χ1) is 11.2. The minimum Gasteiger partial charge on any atom is -0.370 e. The van der Waals surface area contributed by atoms with E-state index in [0.29, 0.717) is 6.04 Å². The van der Waals surface area contributed by atoms with Crippen LogP contribution in [0.25, 0.3) is 0 Å². The lowest BCUT2D eigenvalue weighted by Gasteiger charge is -2.41. The molecule has 2 aromatic rings. The molecule has 0 aromatic heterocycles. The average molecular weight is 308 g/mol. The van der Waals surface area contributed by atoms with Crippen molar-refractivity contribution in [2.24, 2.45) is 11.8 Å². The maximum atomic E-state index is 3.78. The highest BCUT2D eigenvalue weighted by Crippen LogP contribution is 2.27. The van der Waals surface area contributed by atoms with Crippen molar-refractivity contribution in [2.45, 2.75) is 32.9 Å². The second-order valence-electron chi connectivity index (χ2n) is 7.04. The van der Waals surface area contributed by atoms with E-state index in [2.05, 4.69) is 84.7 Å². The highest BCUT2D eigenvalue weighted by molar-refractivity contribution is 5.46. The fourth-order valence-electron chi connectivity index (χ4n) is 3.48. The van der Waals surface area contributed by atoms with Crippen LogP contribution in [0.2, 0.25) is 0 Å². The first kappa shape index (κ1) is 16.1. The topological polar surface area (TPSA) is 15.3 Å². The minimum absolute atomic E-state index is 0.552. The van der Waals surface area contributed by atoms with E-state index in [9.17, 15) is 0 Å². The van der Waals surface area contributed by atoms with Gasteiger partial charge in [0.15, 0.2) is 0 Å². The molecule has 1 heterocycles. The van der Waals surface area contributed by atoms with Gasteiger partial charge in [0.1, 0.15) is 0 Å². The van der Waals surface area contributed by atoms with Gasteiger partial charge in [-0.15, -0.1) is 0 Å². The standard InChI is InChI=1S/C21H28N2/c1-17(2)19-13-20(22-14-18-9-5-3-6-10-18)16-23(15-19)21-11-7-4-8-12-21/h3-12,17,19-20,22H,13-16H2,1-2H3. The van der Waals surface area contributed by atoms with E-state index in [1.54, 1.807) is 0 Å². The van der Waals surface area contributed by atoms with Crippen LogP contribution < -0.4 is 10.2 Å². The molecule has 2 unspecified atom stereocenters. The van der Waals surface area contributed by atoms with E-state index in [1.807, 2.05) is 0 Å². The molecular formula is C21H28N2. The lowest BCUT2D eigenvalue weighted by Crippen LogP contribution is -2.50. The quantitative estimate of drug-likeness (QED) is 0.884. The summed E-state index contributed by atoms with van der Waals surface area (Å²) in [5, 5.41) is 3.78. The zero-order valence-corrected chi connectivity index (χ0v) is 14.3. The van der Waals surface area contributed by atoms with Gasteiger partial charge >= 0.3 is 0 Å². The van der Waals surface area contributed by atoms with Gasteiger partial charge < -0.3 is 10.2 Å². The van der Waals surface area contributed by atoms with Crippen LogP contribution in [0.5, 0.6) is 0 Å². The Balaban J connectivity index is 1.67. The maximum absolute atomic E-state index is 3.78. The van der Waals surface area contributed by atoms with E-state index in [0.717, 1.165) is 24.9 Å². The molecule has 2 atom stereocenters. The summed E-state index contributed by atoms with van der Waals surface area (Å²) in [6.07, 6.45) is 1.27. The summed E-state index contributed by atoms with van der Waals surface area (Å²) < 4.78 is 0. The highest BCUT2D eigenvalue weighted by atomic mass is 15.2. The van der Waals surface area contributed by atoms with Crippen LogP contribution in [0.15, 0.2) is 60.7 Å². The molecule has 0 amide bonds. The molecule has 122 valence electrons. The molecule has 0 radical (unpaired) electrons. The number of rotatable bonds is 5. The average Bonchev–Trinajstić information content (AvgIpc) is 2.61. The molecule has 1 N–H and O–H groups in total. The lowest BCUT2D eigenvalue weighted by atomic mass is 9.85. The Bertz CT molecular complexity index is 579. The summed E-state index contributed by atoms with van der Waals surface area (Å²) in [5.41, 5.74) is 2.72. The smallest absolute Gasteiger partial charge is 0.0366 e. The Hall–Kier alpha value is -1.80. The Morgan fingerprint density at radius 1 is 0.957 bits per heavy atom. The molecule has 1 aliphatic heterocycles. The largest absolute Gasteiger partial charge is 0.370 e. The third kappa shape index (κ3) is 4.35. The molecule has 23 heavy (non-hydrogen) atoms. The number of anilines is 1. The minimum atomic E-state index is 0.552. The molecule has 1 saturated heterocycles. The summed E-state index contributed by atoms with van der Waals surface area (Å²) in [5.74, 6) is 1.47. The van der Waals surface area contributed by atoms with Crippen molar-refractivity contribution in [2.75, 3.05) is 18.0 Å². The number of hydrogen-bond donors (Lipinski definition) is 1. The predicted octanol–water partition coefficient (Wildman–Crippen LogP) is 4.33. The highest BCUT2D eigenvalue weighted by Gasteiger charge is 2.28. The predicted molar refractivity (Wildman–Crippen MR) is 98.7 cm³/mol. The fourth-order valence-corrected chi connectivity index (χ4v) is 3.48. The summed E-state index contributed by atoms with van der Waals surface area (Å²) in [7, 11) is 0. The van der Waals surface area contributed by atoms with Crippen LogP contribution in [0.4, 0.5) is 5.69 Å². The van der Waals surface area contributed by atoms with Gasteiger partial charge in [-0.2, -0.15) is 0 Å². The van der Waals surface area contributed by atoms with E-state index >= 15 is 0 Å². The van der Waals surface area contributed by atoms with Crippen LogP contribution in [0, 0.1) is 11.8 Å². The third-order valence-corrected chi connectivity index (χ3v) is 4.98. The number of benzene rings is 2. The normalized spacial score (nSPS) is 21.6. The molecule has 2 nitrogen and oxygen atoms in total. The van der Waals surface area contributed by atoms with Crippen LogP contribution in [-0.2, 0) is 6.54 Å². The van der Waals surface area contributed by atoms with Crippen LogP contribution in [0.3, 0.4) is 0 Å². The Morgan fingerprint density at radius 2 is 1.61 bits per heavy atom. The summed E-state index contributed by atoms with van der Waals surface area (Å²) in [6, 6.07) is 22.1. The van der Waals surface area contributed by atoms with Crippen LogP contribution >= 0.6 is 0 Å². The zero-order chi connectivity index (χ0) is 16.1. The van der Waals surface area contributed by atoms with Gasteiger partial charge in [-0.05, 0) is 36.0 Å². The van der Waals surface area contributed by atoms with E-state index in [1.165, 1.54) is 24.2 Å². The first-order valence-electron chi connectivity index (χ1n) is 8.79. The number of piperidine rings is 1. The molecule has 2 aromatic carbocycles. The van der Waals surface area contributed by atoms with Crippen molar-refractivity contribution in [3.05, 3.63) is 66.2 Å². The monoisotopic (exact) mass is 308 g/mol. The van der Waals surface area contributed by atoms with Crippen molar-refractivity contribution in [3.63, 3.8) is 0 Å². The van der Waals surface area contributed by atoms with Crippen molar-refractivity contribution >= 4 is 5.69 Å². The van der Waals surface area contributed by atoms with E-state index in [-0.39, 0.29) is 0 Å². The maximum Gasteiger partial charge on any atom is 0.0366 e. The van der Waals surface area contributed by atoms with E-state index < -0.39 is 0 Å². The first-order valence-corrected chi connectivity index (χ1v) is 8.79. The van der Waals surface area contributed by atoms with E-state index in [4.69, 9.17) is 0 Å². The summed E-state index contributed by atoms with van der Waals surface area (Å²) in [4.78, 5) is 2.55. The van der Waals surface area contributed by atoms with Gasteiger partial charge in [0.05, 0.1) is 0 Å². The second-order valence-corrected chi connectivity index (χ2v) is 7.04. The molecule has 1 aliphatic rings. The molecular weight excluding hydrogens is 280 g/mol. The van der Waals surface area contributed by atoms with Gasteiger partial charge in [0, 0.05) is 31.4 Å². The van der Waals surface area contributed by atoms with Gasteiger partial charge in [-0.3, -0.25) is 0 Å². The van der Waals surface area contributed by atoms with Crippen LogP contribution in [-0.4, -0.2) is 19.1 Å². The SMILES string of the molecule is CC(C)C1CC(NCc2ccccc2)CN(c2ccccc2)C1.